The van der Waals surface area contributed by atoms with Crippen LogP contribution in [0.4, 0.5) is 0 Å². The molecule has 118 valence electrons. The van der Waals surface area contributed by atoms with Gasteiger partial charge in [0.25, 0.3) is 5.91 Å². The highest BCUT2D eigenvalue weighted by Gasteiger charge is 2.20. The molecule has 0 saturated carbocycles. The zero-order chi connectivity index (χ0) is 16.5. The second-order valence-corrected chi connectivity index (χ2v) is 5.40. The van der Waals surface area contributed by atoms with Crippen molar-refractivity contribution >= 4 is 12.2 Å². The first-order valence-electron chi connectivity index (χ1n) is 7.50. The lowest BCUT2D eigenvalue weighted by molar-refractivity contribution is 0.0924. The van der Waals surface area contributed by atoms with Gasteiger partial charge >= 0.3 is 0 Å². The number of carbonyl (C=O) groups excluding carboxylic acids is 2. The van der Waals surface area contributed by atoms with Crippen molar-refractivity contribution in [2.24, 2.45) is 0 Å². The first-order valence-corrected chi connectivity index (χ1v) is 7.50. The Balaban J connectivity index is 1.72. The molecule has 0 bridgehead atoms. The Kier molecular flexibility index (Phi) is 3.38. The van der Waals surface area contributed by atoms with E-state index in [0.717, 1.165) is 11.8 Å². The van der Waals surface area contributed by atoms with E-state index in [0.29, 0.717) is 41.6 Å². The number of nitrogens with one attached hydrogen (secondary N) is 1. The summed E-state index contributed by atoms with van der Waals surface area (Å²) in [6, 6.07) is 10.5. The molecule has 24 heavy (non-hydrogen) atoms. The number of rotatable bonds is 3. The molecule has 0 spiro atoms. The number of aldehydes is 1. The third-order valence-electron chi connectivity index (χ3n) is 3.84. The number of nitrogens with zero attached hydrogens (tertiary/aromatic N) is 4. The highest BCUT2D eigenvalue weighted by molar-refractivity contribution is 5.94. The molecule has 1 aliphatic rings. The van der Waals surface area contributed by atoms with E-state index in [1.165, 1.54) is 0 Å². The minimum Gasteiger partial charge on any atom is -0.349 e. The minimum absolute atomic E-state index is 0.126. The summed E-state index contributed by atoms with van der Waals surface area (Å²) in [7, 11) is 0. The predicted molar refractivity (Wildman–Crippen MR) is 86.4 cm³/mol. The van der Waals surface area contributed by atoms with E-state index in [-0.39, 0.29) is 5.91 Å². The van der Waals surface area contributed by atoms with Gasteiger partial charge in [-0.25, -0.2) is 9.97 Å². The van der Waals surface area contributed by atoms with Crippen LogP contribution in [-0.4, -0.2) is 38.5 Å². The maximum absolute atomic E-state index is 11.8. The lowest BCUT2D eigenvalue weighted by Gasteiger charge is -2.13. The Hall–Kier alpha value is -3.35. The van der Waals surface area contributed by atoms with Gasteiger partial charge in [-0.15, -0.1) is 0 Å². The molecule has 2 aromatic heterocycles. The Morgan fingerprint density at radius 2 is 1.96 bits per heavy atom. The van der Waals surface area contributed by atoms with Crippen molar-refractivity contribution < 1.29 is 9.59 Å². The molecule has 1 aliphatic heterocycles. The normalized spacial score (nSPS) is 13.2. The molecule has 3 heterocycles. The van der Waals surface area contributed by atoms with Gasteiger partial charge in [0.05, 0.1) is 12.2 Å². The summed E-state index contributed by atoms with van der Waals surface area (Å²) in [5.74, 6) is 0.416. The molecule has 0 aliphatic carbocycles. The first kappa shape index (κ1) is 14.3. The lowest BCUT2D eigenvalue weighted by Crippen LogP contribution is -2.35. The van der Waals surface area contributed by atoms with E-state index in [2.05, 4.69) is 20.4 Å². The van der Waals surface area contributed by atoms with Crippen molar-refractivity contribution in [3.05, 3.63) is 53.9 Å². The second-order valence-electron chi connectivity index (χ2n) is 5.40. The molecule has 7 nitrogen and oxygen atoms in total. The minimum atomic E-state index is -0.126. The van der Waals surface area contributed by atoms with Crippen LogP contribution >= 0.6 is 0 Å². The van der Waals surface area contributed by atoms with Crippen molar-refractivity contribution in [2.75, 3.05) is 6.54 Å². The molecule has 1 aromatic carbocycles. The average Bonchev–Trinajstić information content (AvgIpc) is 3.08. The van der Waals surface area contributed by atoms with Crippen LogP contribution < -0.4 is 5.32 Å². The second kappa shape index (κ2) is 5.69. The van der Waals surface area contributed by atoms with Gasteiger partial charge in [0, 0.05) is 23.9 Å². The van der Waals surface area contributed by atoms with E-state index in [4.69, 9.17) is 0 Å². The summed E-state index contributed by atoms with van der Waals surface area (Å²) in [6.07, 6.45) is 2.45. The summed E-state index contributed by atoms with van der Waals surface area (Å²) in [5, 5.41) is 7.24. The maximum atomic E-state index is 11.8. The monoisotopic (exact) mass is 319 g/mol. The first-order chi connectivity index (χ1) is 11.7. The van der Waals surface area contributed by atoms with Gasteiger partial charge in [-0.2, -0.15) is 5.10 Å². The van der Waals surface area contributed by atoms with Gasteiger partial charge in [0.2, 0.25) is 0 Å². The Labute approximate surface area is 137 Å². The number of aromatic nitrogens is 4. The third-order valence-corrected chi connectivity index (χ3v) is 3.84. The fraction of sp³-hybridized carbons (Fsp3) is 0.118. The van der Waals surface area contributed by atoms with E-state index in [1.54, 1.807) is 47.3 Å². The van der Waals surface area contributed by atoms with Crippen LogP contribution in [0.25, 0.3) is 22.8 Å². The van der Waals surface area contributed by atoms with Crippen LogP contribution in [0.2, 0.25) is 0 Å². The van der Waals surface area contributed by atoms with E-state index >= 15 is 0 Å². The topological polar surface area (TPSA) is 89.8 Å². The molecule has 3 aromatic rings. The van der Waals surface area contributed by atoms with Crippen LogP contribution in [0.15, 0.2) is 42.6 Å². The average molecular weight is 319 g/mol. The van der Waals surface area contributed by atoms with Crippen LogP contribution in [0.3, 0.4) is 0 Å². The van der Waals surface area contributed by atoms with Crippen LogP contribution in [0.1, 0.15) is 20.8 Å². The summed E-state index contributed by atoms with van der Waals surface area (Å²) in [6.45, 7) is 1.22. The molecule has 4 rings (SSSR count). The Morgan fingerprint density at radius 3 is 2.71 bits per heavy atom. The van der Waals surface area contributed by atoms with Crippen molar-refractivity contribution in [3.8, 4) is 22.8 Å². The summed E-state index contributed by atoms with van der Waals surface area (Å²) >= 11 is 0. The highest BCUT2D eigenvalue weighted by Crippen LogP contribution is 2.21. The SMILES string of the molecule is O=Cc1ccc(-c2nccc(-c3cc4n(n3)CCNC4=O)n2)cc1. The van der Waals surface area contributed by atoms with Crippen molar-refractivity contribution in [3.63, 3.8) is 0 Å². The predicted octanol–water partition coefficient (Wildman–Crippen LogP) is 1.56. The van der Waals surface area contributed by atoms with E-state index < -0.39 is 0 Å². The zero-order valence-electron chi connectivity index (χ0n) is 12.6. The summed E-state index contributed by atoms with van der Waals surface area (Å²) in [4.78, 5) is 31.4. The molecule has 0 atom stereocenters. The molecule has 7 heteroatoms. The van der Waals surface area contributed by atoms with Crippen LogP contribution in [0, 0.1) is 0 Å². The molecular weight excluding hydrogens is 306 g/mol. The van der Waals surface area contributed by atoms with Gasteiger partial charge in [-0.1, -0.05) is 24.3 Å². The van der Waals surface area contributed by atoms with Gasteiger partial charge in [0.1, 0.15) is 17.7 Å². The molecular formula is C17H13N5O2. The van der Waals surface area contributed by atoms with Crippen molar-refractivity contribution in [1.29, 1.82) is 0 Å². The van der Waals surface area contributed by atoms with E-state index in [9.17, 15) is 9.59 Å². The number of hydrogen-bond acceptors (Lipinski definition) is 5. The molecule has 1 N–H and O–H groups in total. The van der Waals surface area contributed by atoms with E-state index in [1.807, 2.05) is 0 Å². The van der Waals surface area contributed by atoms with Gasteiger partial charge in [-0.3, -0.25) is 14.3 Å². The number of amides is 1. The smallest absolute Gasteiger partial charge is 0.269 e. The molecule has 0 radical (unpaired) electrons. The fourth-order valence-corrected chi connectivity index (χ4v) is 2.61. The summed E-state index contributed by atoms with van der Waals surface area (Å²) in [5.41, 5.74) is 3.22. The van der Waals surface area contributed by atoms with Gasteiger partial charge < -0.3 is 5.32 Å². The molecule has 0 fully saturated rings. The summed E-state index contributed by atoms with van der Waals surface area (Å²) < 4.78 is 1.69. The zero-order valence-corrected chi connectivity index (χ0v) is 12.6. The Morgan fingerprint density at radius 1 is 1.12 bits per heavy atom. The number of fused-ring (bicyclic) bond motifs is 1. The van der Waals surface area contributed by atoms with Crippen molar-refractivity contribution in [2.45, 2.75) is 6.54 Å². The van der Waals surface area contributed by atoms with Gasteiger partial charge in [0.15, 0.2) is 5.82 Å². The van der Waals surface area contributed by atoms with Crippen molar-refractivity contribution in [1.82, 2.24) is 25.1 Å². The van der Waals surface area contributed by atoms with Crippen LogP contribution in [-0.2, 0) is 6.54 Å². The fourth-order valence-electron chi connectivity index (χ4n) is 2.61. The molecule has 0 unspecified atom stereocenters. The number of carbonyl (C=O) groups is 2. The van der Waals surface area contributed by atoms with Gasteiger partial charge in [-0.05, 0) is 12.1 Å². The molecule has 0 saturated heterocycles. The number of hydrogen-bond donors (Lipinski definition) is 1. The molecule has 1 amide bonds. The standard InChI is InChI=1S/C17H13N5O2/c23-10-11-1-3-12(4-2-11)16-18-6-5-13(20-16)14-9-15-17(24)19-7-8-22(15)21-14/h1-6,9-10H,7-8H2,(H,19,24). The quantitative estimate of drug-likeness (QED) is 0.740. The lowest BCUT2D eigenvalue weighted by atomic mass is 10.1. The third kappa shape index (κ3) is 2.45. The van der Waals surface area contributed by atoms with Crippen LogP contribution in [0.5, 0.6) is 0 Å². The number of benzene rings is 1. The Bertz CT molecular complexity index is 930. The highest BCUT2D eigenvalue weighted by atomic mass is 16.2. The maximum Gasteiger partial charge on any atom is 0.269 e. The largest absolute Gasteiger partial charge is 0.349 e.